The lowest BCUT2D eigenvalue weighted by Crippen LogP contribution is -2.69. The van der Waals surface area contributed by atoms with Crippen LogP contribution in [0, 0.1) is 0 Å². The molecule has 2 N–H and O–H groups in total. The lowest BCUT2D eigenvalue weighted by atomic mass is 10.0. The molecule has 0 aromatic carbocycles. The number of halogens is 4. The van der Waals surface area contributed by atoms with E-state index in [2.05, 4.69) is 14.8 Å². The van der Waals surface area contributed by atoms with E-state index in [4.69, 9.17) is 51.5 Å². The fourth-order valence-corrected chi connectivity index (χ4v) is 2.43. The van der Waals surface area contributed by atoms with Crippen molar-refractivity contribution in [2.75, 3.05) is 13.2 Å². The van der Waals surface area contributed by atoms with E-state index in [9.17, 15) is 19.2 Å². The minimum atomic E-state index is -1.83. The zero-order valence-corrected chi connectivity index (χ0v) is 16.4. The molecular formula is C13H14Cl4N2O7. The Bertz CT molecular complexity index is 643. The predicted molar refractivity (Wildman–Crippen MR) is 92.0 cm³/mol. The molecule has 13 heteroatoms. The van der Waals surface area contributed by atoms with Crippen LogP contribution >= 0.6 is 46.4 Å². The molecule has 1 aliphatic rings. The number of allylic oxidation sites excluding steroid dienone is 1. The lowest BCUT2D eigenvalue weighted by molar-refractivity contribution is -0.151. The number of ether oxygens (including phenoxy) is 2. The zero-order valence-electron chi connectivity index (χ0n) is 13.4. The molecule has 0 aromatic heterocycles. The first-order chi connectivity index (χ1) is 11.8. The number of amides is 2. The van der Waals surface area contributed by atoms with Crippen LogP contribution in [-0.4, -0.2) is 62.5 Å². The summed E-state index contributed by atoms with van der Waals surface area (Å²) in [5.74, 6) is -2.89. The Morgan fingerprint density at radius 3 is 2.23 bits per heavy atom. The topological polar surface area (TPSA) is 122 Å². The van der Waals surface area contributed by atoms with Gasteiger partial charge in [-0.2, -0.15) is 0 Å². The van der Waals surface area contributed by atoms with E-state index in [1.165, 1.54) is 13.8 Å². The van der Waals surface area contributed by atoms with Gasteiger partial charge in [0.05, 0.1) is 0 Å². The second-order valence-electron chi connectivity index (χ2n) is 5.22. The van der Waals surface area contributed by atoms with Crippen LogP contribution in [0.25, 0.3) is 0 Å². The van der Waals surface area contributed by atoms with E-state index in [0.29, 0.717) is 5.57 Å². The largest absolute Gasteiger partial charge is 0.508 e. The van der Waals surface area contributed by atoms with Crippen LogP contribution < -0.4 is 5.32 Å². The molecule has 0 bridgehead atoms. The zero-order chi connectivity index (χ0) is 20.2. The molecule has 9 nitrogen and oxygen atoms in total. The van der Waals surface area contributed by atoms with Crippen LogP contribution in [0.4, 0.5) is 4.79 Å². The Kier molecular flexibility index (Phi) is 7.82. The molecule has 1 saturated heterocycles. The third kappa shape index (κ3) is 6.08. The standard InChI is InChI=1S/C13H14Cl4N2O7/c1-5(2)8(11(22)23)19-9(14)7(10(19)21)18-6(20)3-25-12(24)26-4-13(15,16)17/h7,9H,3-4H2,1-2H3,(H,18,20)(H,22,23). The number of carbonyl (C=O) groups excluding carboxylic acids is 3. The van der Waals surface area contributed by atoms with E-state index in [-0.39, 0.29) is 5.70 Å². The molecule has 0 radical (unpaired) electrons. The van der Waals surface area contributed by atoms with E-state index in [1.54, 1.807) is 0 Å². The number of nitrogens with zero attached hydrogens (tertiary/aromatic N) is 1. The number of carbonyl (C=O) groups is 4. The smallest absolute Gasteiger partial charge is 0.477 e. The van der Waals surface area contributed by atoms with Crippen molar-refractivity contribution in [1.29, 1.82) is 0 Å². The molecule has 26 heavy (non-hydrogen) atoms. The Morgan fingerprint density at radius 1 is 1.23 bits per heavy atom. The number of hydrogen-bond donors (Lipinski definition) is 2. The third-order valence-electron chi connectivity index (χ3n) is 2.93. The number of carboxylic acid groups (broad SMARTS) is 1. The van der Waals surface area contributed by atoms with Gasteiger partial charge >= 0.3 is 12.1 Å². The van der Waals surface area contributed by atoms with Gasteiger partial charge in [0.2, 0.25) is 3.79 Å². The molecule has 1 heterocycles. The summed E-state index contributed by atoms with van der Waals surface area (Å²) in [7, 11) is 0. The van der Waals surface area contributed by atoms with Crippen molar-refractivity contribution in [3.63, 3.8) is 0 Å². The Labute approximate surface area is 168 Å². The third-order valence-corrected chi connectivity index (χ3v) is 3.71. The van der Waals surface area contributed by atoms with Gasteiger partial charge < -0.3 is 19.9 Å². The number of rotatable bonds is 6. The van der Waals surface area contributed by atoms with Gasteiger partial charge in [0.1, 0.15) is 23.8 Å². The maximum absolute atomic E-state index is 12.1. The maximum Gasteiger partial charge on any atom is 0.508 e. The number of β-lactam (4-membered cyclic amide) rings is 1. The first kappa shape index (κ1) is 22.6. The summed E-state index contributed by atoms with van der Waals surface area (Å²) in [6, 6.07) is -1.17. The second kappa shape index (κ2) is 8.98. The minimum absolute atomic E-state index is 0.271. The van der Waals surface area contributed by atoms with Gasteiger partial charge in [-0.25, -0.2) is 9.59 Å². The number of nitrogens with one attached hydrogen (secondary N) is 1. The first-order valence-corrected chi connectivity index (χ1v) is 8.45. The van der Waals surface area contributed by atoms with Crippen molar-refractivity contribution >= 4 is 70.3 Å². The summed E-state index contributed by atoms with van der Waals surface area (Å²) in [4.78, 5) is 47.0. The summed E-state index contributed by atoms with van der Waals surface area (Å²) in [5, 5.41) is 11.4. The average molecular weight is 452 g/mol. The SMILES string of the molecule is CC(C)=C(C(=O)O)N1C(=O)C(NC(=O)COC(=O)OCC(Cl)(Cl)Cl)C1Cl. The van der Waals surface area contributed by atoms with Crippen molar-refractivity contribution in [2.45, 2.75) is 29.2 Å². The normalized spacial score (nSPS) is 19.3. The molecule has 2 amide bonds. The molecular weight excluding hydrogens is 438 g/mol. The van der Waals surface area contributed by atoms with E-state index in [0.717, 1.165) is 4.90 Å². The molecule has 1 aliphatic heterocycles. The van der Waals surface area contributed by atoms with Crippen molar-refractivity contribution in [3.8, 4) is 0 Å². The lowest BCUT2D eigenvalue weighted by Gasteiger charge is -2.43. The van der Waals surface area contributed by atoms with Gasteiger partial charge in [-0.15, -0.1) is 0 Å². The van der Waals surface area contributed by atoms with Gasteiger partial charge in [-0.3, -0.25) is 14.5 Å². The van der Waals surface area contributed by atoms with Gasteiger partial charge in [0.15, 0.2) is 6.61 Å². The molecule has 0 aromatic rings. The Morgan fingerprint density at radius 2 is 1.81 bits per heavy atom. The molecule has 0 aliphatic carbocycles. The van der Waals surface area contributed by atoms with Crippen LogP contribution in [0.1, 0.15) is 13.8 Å². The van der Waals surface area contributed by atoms with Crippen LogP contribution in [0.2, 0.25) is 0 Å². The van der Waals surface area contributed by atoms with Gasteiger partial charge in [-0.05, 0) is 19.4 Å². The highest BCUT2D eigenvalue weighted by atomic mass is 35.6. The highest BCUT2D eigenvalue weighted by molar-refractivity contribution is 6.67. The fourth-order valence-electron chi connectivity index (χ4n) is 1.90. The van der Waals surface area contributed by atoms with Crippen molar-refractivity contribution in [3.05, 3.63) is 11.3 Å². The number of aliphatic carboxylic acids is 1. The average Bonchev–Trinajstić information content (AvgIpc) is 2.51. The second-order valence-corrected chi connectivity index (χ2v) is 8.19. The van der Waals surface area contributed by atoms with Crippen molar-refractivity contribution in [2.24, 2.45) is 0 Å². The van der Waals surface area contributed by atoms with Gasteiger partial charge in [0, 0.05) is 0 Å². The summed E-state index contributed by atoms with van der Waals surface area (Å²) in [5.41, 5.74) is -1.02. The summed E-state index contributed by atoms with van der Waals surface area (Å²) < 4.78 is 7.07. The Hall–Kier alpha value is -1.42. The van der Waals surface area contributed by atoms with Crippen LogP contribution in [0.3, 0.4) is 0 Å². The summed E-state index contributed by atoms with van der Waals surface area (Å²) in [6.07, 6.45) is -1.26. The molecule has 2 unspecified atom stereocenters. The highest BCUT2D eigenvalue weighted by Gasteiger charge is 2.50. The van der Waals surface area contributed by atoms with Gasteiger partial charge in [-0.1, -0.05) is 46.4 Å². The van der Waals surface area contributed by atoms with Crippen LogP contribution in [-0.2, 0) is 23.9 Å². The number of hydrogen-bond acceptors (Lipinski definition) is 6. The van der Waals surface area contributed by atoms with E-state index in [1.807, 2.05) is 0 Å². The molecule has 1 fully saturated rings. The van der Waals surface area contributed by atoms with E-state index < -0.39 is 52.5 Å². The number of likely N-dealkylation sites (tertiary alicyclic amines) is 1. The monoisotopic (exact) mass is 450 g/mol. The van der Waals surface area contributed by atoms with Gasteiger partial charge in [0.25, 0.3) is 11.8 Å². The minimum Gasteiger partial charge on any atom is -0.477 e. The molecule has 0 spiro atoms. The fraction of sp³-hybridized carbons (Fsp3) is 0.538. The van der Waals surface area contributed by atoms with Crippen LogP contribution in [0.5, 0.6) is 0 Å². The highest BCUT2D eigenvalue weighted by Crippen LogP contribution is 2.30. The van der Waals surface area contributed by atoms with Crippen LogP contribution in [0.15, 0.2) is 11.3 Å². The molecule has 146 valence electrons. The summed E-state index contributed by atoms with van der Waals surface area (Å²) >= 11 is 22.1. The Balaban J connectivity index is 2.52. The number of alkyl halides is 4. The van der Waals surface area contributed by atoms with E-state index >= 15 is 0 Å². The number of carboxylic acids is 1. The summed E-state index contributed by atoms with van der Waals surface area (Å²) in [6.45, 7) is 1.64. The maximum atomic E-state index is 12.1. The molecule has 2 atom stereocenters. The van der Waals surface area contributed by atoms with Crippen molar-refractivity contribution < 1.29 is 33.8 Å². The quantitative estimate of drug-likeness (QED) is 0.207. The molecule has 1 rings (SSSR count). The predicted octanol–water partition coefficient (Wildman–Crippen LogP) is 1.78. The molecule has 0 saturated carbocycles. The van der Waals surface area contributed by atoms with Crippen molar-refractivity contribution in [1.82, 2.24) is 10.2 Å². The first-order valence-electron chi connectivity index (χ1n) is 6.88.